The zero-order valence-corrected chi connectivity index (χ0v) is 12.3. The molecule has 2 aromatic carbocycles. The van der Waals surface area contributed by atoms with E-state index in [1.807, 2.05) is 30.5 Å². The lowest BCUT2D eigenvalue weighted by atomic mass is 10.1. The maximum Gasteiger partial charge on any atom is 0.145 e. The molecule has 4 heteroatoms. The summed E-state index contributed by atoms with van der Waals surface area (Å²) in [5.74, 6) is 0.797. The summed E-state index contributed by atoms with van der Waals surface area (Å²) in [6.45, 7) is 2.85. The van der Waals surface area contributed by atoms with Crippen molar-refractivity contribution in [3.05, 3.63) is 66.0 Å². The largest absolute Gasteiger partial charge is 0.365 e. The number of aromatic amines is 1. The van der Waals surface area contributed by atoms with Crippen molar-refractivity contribution < 1.29 is 0 Å². The fraction of sp³-hybridized carbons (Fsp3) is 0.111. The smallest absolute Gasteiger partial charge is 0.145 e. The first kappa shape index (κ1) is 12.8. The van der Waals surface area contributed by atoms with E-state index in [0.29, 0.717) is 0 Å². The van der Waals surface area contributed by atoms with Gasteiger partial charge in [-0.25, -0.2) is 4.98 Å². The van der Waals surface area contributed by atoms with Crippen molar-refractivity contribution >= 4 is 27.8 Å². The molecule has 4 rings (SSSR count). The van der Waals surface area contributed by atoms with Crippen molar-refractivity contribution in [2.75, 3.05) is 5.32 Å². The van der Waals surface area contributed by atoms with E-state index in [1.54, 1.807) is 6.20 Å². The highest BCUT2D eigenvalue weighted by Gasteiger charge is 2.03. The maximum absolute atomic E-state index is 4.59. The molecule has 0 aliphatic heterocycles. The van der Waals surface area contributed by atoms with E-state index in [2.05, 4.69) is 45.4 Å². The van der Waals surface area contributed by atoms with Gasteiger partial charge in [0.15, 0.2) is 0 Å². The number of aryl methyl sites for hydroxylation is 1. The summed E-state index contributed by atoms with van der Waals surface area (Å²) in [6.07, 6.45) is 3.76. The van der Waals surface area contributed by atoms with Crippen LogP contribution in [-0.4, -0.2) is 15.0 Å². The number of hydrogen-bond donors (Lipinski definition) is 2. The average molecular weight is 288 g/mol. The first-order valence-electron chi connectivity index (χ1n) is 7.32. The summed E-state index contributed by atoms with van der Waals surface area (Å²) < 4.78 is 0. The minimum absolute atomic E-state index is 0.731. The Morgan fingerprint density at radius 3 is 2.86 bits per heavy atom. The monoisotopic (exact) mass is 288 g/mol. The minimum atomic E-state index is 0.731. The van der Waals surface area contributed by atoms with Crippen LogP contribution in [0.4, 0.5) is 5.82 Å². The summed E-state index contributed by atoms with van der Waals surface area (Å²) in [6, 6.07) is 14.4. The van der Waals surface area contributed by atoms with Crippen LogP contribution in [0.3, 0.4) is 0 Å². The fourth-order valence-electron chi connectivity index (χ4n) is 2.77. The predicted molar refractivity (Wildman–Crippen MR) is 89.9 cm³/mol. The number of para-hydroxylation sites is 2. The molecule has 0 aliphatic rings. The van der Waals surface area contributed by atoms with E-state index in [-0.39, 0.29) is 0 Å². The molecule has 0 radical (unpaired) electrons. The number of aromatic nitrogens is 3. The van der Waals surface area contributed by atoms with Gasteiger partial charge in [0.05, 0.1) is 17.2 Å². The van der Waals surface area contributed by atoms with Gasteiger partial charge in [-0.2, -0.15) is 0 Å². The number of rotatable bonds is 3. The Kier molecular flexibility index (Phi) is 3.00. The van der Waals surface area contributed by atoms with Crippen LogP contribution in [0.5, 0.6) is 0 Å². The lowest BCUT2D eigenvalue weighted by Crippen LogP contribution is -2.02. The topological polar surface area (TPSA) is 53.6 Å². The normalized spacial score (nSPS) is 11.1. The molecule has 2 heterocycles. The van der Waals surface area contributed by atoms with E-state index in [9.17, 15) is 0 Å². The molecule has 0 saturated carbocycles. The van der Waals surface area contributed by atoms with E-state index in [0.717, 1.165) is 23.4 Å². The van der Waals surface area contributed by atoms with Crippen LogP contribution in [0.1, 0.15) is 11.1 Å². The number of anilines is 1. The van der Waals surface area contributed by atoms with Crippen molar-refractivity contribution in [2.45, 2.75) is 13.5 Å². The van der Waals surface area contributed by atoms with Crippen molar-refractivity contribution in [3.8, 4) is 0 Å². The Balaban J connectivity index is 1.59. The van der Waals surface area contributed by atoms with E-state index < -0.39 is 0 Å². The number of benzene rings is 2. The molecule has 2 aromatic heterocycles. The molecule has 4 aromatic rings. The second kappa shape index (κ2) is 5.15. The summed E-state index contributed by atoms with van der Waals surface area (Å²) in [4.78, 5) is 12.3. The Bertz CT molecular complexity index is 956. The first-order chi connectivity index (χ1) is 10.8. The van der Waals surface area contributed by atoms with E-state index >= 15 is 0 Å². The molecular formula is C18H16N4. The summed E-state index contributed by atoms with van der Waals surface area (Å²) in [7, 11) is 0. The molecule has 0 fully saturated rings. The fourth-order valence-corrected chi connectivity index (χ4v) is 2.77. The third-order valence-corrected chi connectivity index (χ3v) is 3.84. The Hall–Kier alpha value is -2.88. The van der Waals surface area contributed by atoms with Crippen LogP contribution in [0.15, 0.2) is 54.9 Å². The van der Waals surface area contributed by atoms with Gasteiger partial charge in [0, 0.05) is 18.3 Å². The zero-order chi connectivity index (χ0) is 14.9. The number of nitrogens with zero attached hydrogens (tertiary/aromatic N) is 2. The highest BCUT2D eigenvalue weighted by Crippen LogP contribution is 2.20. The van der Waals surface area contributed by atoms with Crippen LogP contribution in [0.2, 0.25) is 0 Å². The molecule has 108 valence electrons. The van der Waals surface area contributed by atoms with Gasteiger partial charge in [-0.05, 0) is 47.7 Å². The lowest BCUT2D eigenvalue weighted by molar-refractivity contribution is 1.11. The molecule has 0 spiro atoms. The zero-order valence-electron chi connectivity index (χ0n) is 12.3. The van der Waals surface area contributed by atoms with Crippen LogP contribution in [-0.2, 0) is 6.54 Å². The van der Waals surface area contributed by atoms with Crippen LogP contribution in [0, 0.1) is 6.92 Å². The molecule has 2 N–H and O–H groups in total. The Labute approximate surface area is 128 Å². The van der Waals surface area contributed by atoms with E-state index in [1.165, 1.54) is 22.0 Å². The van der Waals surface area contributed by atoms with Gasteiger partial charge in [0.1, 0.15) is 5.82 Å². The molecule has 4 nitrogen and oxygen atoms in total. The Morgan fingerprint density at radius 1 is 1.09 bits per heavy atom. The molecule has 0 atom stereocenters. The third-order valence-electron chi connectivity index (χ3n) is 3.84. The first-order valence-corrected chi connectivity index (χ1v) is 7.32. The SMILES string of the molecule is Cc1cc(CNc2cnc3ccccc3n2)cc2cc[nH]c12. The van der Waals surface area contributed by atoms with Crippen molar-refractivity contribution in [1.29, 1.82) is 0 Å². The molecule has 0 unspecified atom stereocenters. The summed E-state index contributed by atoms with van der Waals surface area (Å²) >= 11 is 0. The average Bonchev–Trinajstić information content (AvgIpc) is 3.02. The summed E-state index contributed by atoms with van der Waals surface area (Å²) in [5.41, 5.74) is 5.51. The highest BCUT2D eigenvalue weighted by atomic mass is 15.0. The van der Waals surface area contributed by atoms with Gasteiger partial charge in [-0.15, -0.1) is 0 Å². The molecule has 0 aliphatic carbocycles. The van der Waals surface area contributed by atoms with E-state index in [4.69, 9.17) is 0 Å². The lowest BCUT2D eigenvalue weighted by Gasteiger charge is -2.08. The van der Waals surface area contributed by atoms with Gasteiger partial charge >= 0.3 is 0 Å². The predicted octanol–water partition coefficient (Wildman–Crippen LogP) is 4.03. The van der Waals surface area contributed by atoms with Crippen molar-refractivity contribution in [3.63, 3.8) is 0 Å². The van der Waals surface area contributed by atoms with Crippen molar-refractivity contribution in [1.82, 2.24) is 15.0 Å². The van der Waals surface area contributed by atoms with Crippen molar-refractivity contribution in [2.24, 2.45) is 0 Å². The van der Waals surface area contributed by atoms with Crippen LogP contribution < -0.4 is 5.32 Å². The molecule has 0 saturated heterocycles. The van der Waals surface area contributed by atoms with Gasteiger partial charge < -0.3 is 10.3 Å². The maximum atomic E-state index is 4.59. The molecule has 22 heavy (non-hydrogen) atoms. The quantitative estimate of drug-likeness (QED) is 0.598. The number of fused-ring (bicyclic) bond motifs is 2. The summed E-state index contributed by atoms with van der Waals surface area (Å²) in [5, 5.41) is 4.59. The van der Waals surface area contributed by atoms with Crippen LogP contribution >= 0.6 is 0 Å². The van der Waals surface area contributed by atoms with Gasteiger partial charge in [-0.3, -0.25) is 4.98 Å². The number of H-pyrrole nitrogens is 1. The molecule has 0 amide bonds. The standard InChI is InChI=1S/C18H16N4/c1-12-8-13(9-14-6-7-19-18(12)14)10-21-17-11-20-15-4-2-3-5-16(15)22-17/h2-9,11,19H,10H2,1H3,(H,21,22). The van der Waals surface area contributed by atoms with Gasteiger partial charge in [0.25, 0.3) is 0 Å². The number of nitrogens with one attached hydrogen (secondary N) is 2. The van der Waals surface area contributed by atoms with Gasteiger partial charge in [0.2, 0.25) is 0 Å². The third kappa shape index (κ3) is 2.29. The highest BCUT2D eigenvalue weighted by molar-refractivity contribution is 5.83. The molecular weight excluding hydrogens is 272 g/mol. The number of hydrogen-bond acceptors (Lipinski definition) is 3. The van der Waals surface area contributed by atoms with Gasteiger partial charge in [-0.1, -0.05) is 18.2 Å². The second-order valence-electron chi connectivity index (χ2n) is 5.45. The molecule has 0 bridgehead atoms. The minimum Gasteiger partial charge on any atom is -0.365 e. The Morgan fingerprint density at radius 2 is 1.95 bits per heavy atom. The van der Waals surface area contributed by atoms with Crippen LogP contribution in [0.25, 0.3) is 21.9 Å². The second-order valence-corrected chi connectivity index (χ2v) is 5.45.